The molecule has 1 aliphatic carbocycles. The lowest BCUT2D eigenvalue weighted by Gasteiger charge is -2.25. The number of hydrogen-bond acceptors (Lipinski definition) is 3. The van der Waals surface area contributed by atoms with E-state index in [0.717, 1.165) is 30.7 Å². The van der Waals surface area contributed by atoms with Crippen molar-refractivity contribution in [1.29, 1.82) is 0 Å². The van der Waals surface area contributed by atoms with Crippen LogP contribution in [0.4, 0.5) is 0 Å². The Labute approximate surface area is 84.6 Å². The molecule has 0 heterocycles. The van der Waals surface area contributed by atoms with Gasteiger partial charge in [0.25, 0.3) is 0 Å². The van der Waals surface area contributed by atoms with Crippen molar-refractivity contribution in [3.63, 3.8) is 0 Å². The molecule has 0 aromatic heterocycles. The van der Waals surface area contributed by atoms with Gasteiger partial charge in [0.1, 0.15) is 0 Å². The third-order valence-corrected chi connectivity index (χ3v) is 2.76. The lowest BCUT2D eigenvalue weighted by Crippen LogP contribution is -2.37. The predicted octanol–water partition coefficient (Wildman–Crippen LogP) is 2.49. The number of nitroso groups, excluding NO2 is 1. The van der Waals surface area contributed by atoms with Crippen LogP contribution in [0.2, 0.25) is 0 Å². The molecule has 0 saturated heterocycles. The zero-order valence-corrected chi connectivity index (χ0v) is 8.90. The zero-order chi connectivity index (χ0) is 10.6. The van der Waals surface area contributed by atoms with E-state index in [0.29, 0.717) is 0 Å². The van der Waals surface area contributed by atoms with E-state index < -0.39 is 0 Å². The number of carbonyl (C=O) groups is 1. The van der Waals surface area contributed by atoms with E-state index in [1.807, 2.05) is 13.8 Å². The minimum absolute atomic E-state index is 0.0313. The molecule has 0 aliphatic heterocycles. The molecular formula is C10H18N2O2. The Morgan fingerprint density at radius 1 is 1.29 bits per heavy atom. The summed E-state index contributed by atoms with van der Waals surface area (Å²) in [6.07, 6.45) is 5.23. The lowest BCUT2D eigenvalue weighted by molar-refractivity contribution is -0.138. The first kappa shape index (κ1) is 11.1. The van der Waals surface area contributed by atoms with Crippen LogP contribution in [0.5, 0.6) is 0 Å². The van der Waals surface area contributed by atoms with E-state index in [4.69, 9.17) is 0 Å². The van der Waals surface area contributed by atoms with Crippen LogP contribution in [0.25, 0.3) is 0 Å². The summed E-state index contributed by atoms with van der Waals surface area (Å²) in [5.74, 6) is -0.0569. The molecule has 0 atom stereocenters. The molecule has 0 bridgehead atoms. The first-order valence-electron chi connectivity index (χ1n) is 5.33. The summed E-state index contributed by atoms with van der Waals surface area (Å²) in [7, 11) is 0. The molecule has 14 heavy (non-hydrogen) atoms. The van der Waals surface area contributed by atoms with Gasteiger partial charge in [0.15, 0.2) is 0 Å². The molecule has 0 radical (unpaired) electrons. The number of amides is 1. The molecule has 4 nitrogen and oxygen atoms in total. The summed E-state index contributed by atoms with van der Waals surface area (Å²) >= 11 is 0. The Kier molecular flexibility index (Phi) is 4.04. The summed E-state index contributed by atoms with van der Waals surface area (Å²) in [4.78, 5) is 22.3. The summed E-state index contributed by atoms with van der Waals surface area (Å²) in [6.45, 7) is 3.62. The van der Waals surface area contributed by atoms with E-state index in [9.17, 15) is 9.70 Å². The number of rotatable bonds is 3. The normalized spacial score (nSPS) is 18.2. The fourth-order valence-corrected chi connectivity index (χ4v) is 1.93. The van der Waals surface area contributed by atoms with Crippen molar-refractivity contribution in [1.82, 2.24) is 5.01 Å². The molecule has 0 N–H and O–H groups in total. The highest BCUT2D eigenvalue weighted by Gasteiger charge is 2.28. The molecule has 0 aromatic rings. The number of nitrogens with zero attached hydrogens (tertiary/aromatic N) is 2. The minimum atomic E-state index is -0.123. The Morgan fingerprint density at radius 3 is 2.29 bits per heavy atom. The molecule has 0 aromatic carbocycles. The lowest BCUT2D eigenvalue weighted by atomic mass is 9.88. The third kappa shape index (κ3) is 2.53. The highest BCUT2D eigenvalue weighted by Crippen LogP contribution is 2.26. The van der Waals surface area contributed by atoms with Gasteiger partial charge in [0, 0.05) is 5.92 Å². The quantitative estimate of drug-likeness (QED) is 0.516. The first-order valence-corrected chi connectivity index (χ1v) is 5.33. The molecule has 80 valence electrons. The van der Waals surface area contributed by atoms with Gasteiger partial charge >= 0.3 is 0 Å². The third-order valence-electron chi connectivity index (χ3n) is 2.76. The van der Waals surface area contributed by atoms with Crippen molar-refractivity contribution < 1.29 is 4.79 Å². The predicted molar refractivity (Wildman–Crippen MR) is 54.4 cm³/mol. The van der Waals surface area contributed by atoms with Gasteiger partial charge in [-0.05, 0) is 26.7 Å². The molecule has 1 rings (SSSR count). The second kappa shape index (κ2) is 5.08. The fourth-order valence-electron chi connectivity index (χ4n) is 1.93. The zero-order valence-electron chi connectivity index (χ0n) is 8.90. The Bertz CT molecular complexity index is 210. The van der Waals surface area contributed by atoms with E-state index in [-0.39, 0.29) is 17.9 Å². The van der Waals surface area contributed by atoms with Gasteiger partial charge in [-0.15, -0.1) is 4.91 Å². The largest absolute Gasteiger partial charge is 0.273 e. The highest BCUT2D eigenvalue weighted by molar-refractivity contribution is 5.78. The van der Waals surface area contributed by atoms with Crippen LogP contribution >= 0.6 is 0 Å². The van der Waals surface area contributed by atoms with Crippen LogP contribution in [-0.2, 0) is 4.79 Å². The van der Waals surface area contributed by atoms with Crippen LogP contribution in [0, 0.1) is 10.8 Å². The summed E-state index contributed by atoms with van der Waals surface area (Å²) in [5, 5.41) is 3.88. The molecule has 0 spiro atoms. The maximum atomic E-state index is 11.8. The minimum Gasteiger partial charge on any atom is -0.273 e. The maximum absolute atomic E-state index is 11.8. The van der Waals surface area contributed by atoms with Gasteiger partial charge in [-0.3, -0.25) is 4.79 Å². The molecule has 1 saturated carbocycles. The van der Waals surface area contributed by atoms with E-state index in [1.165, 1.54) is 6.42 Å². The smallest absolute Gasteiger partial charge is 0.248 e. The second-order valence-corrected chi connectivity index (χ2v) is 4.19. The van der Waals surface area contributed by atoms with Gasteiger partial charge in [0.2, 0.25) is 5.91 Å². The van der Waals surface area contributed by atoms with Gasteiger partial charge in [-0.1, -0.05) is 19.3 Å². The van der Waals surface area contributed by atoms with Crippen molar-refractivity contribution in [3.8, 4) is 0 Å². The molecule has 4 heteroatoms. The average molecular weight is 198 g/mol. The van der Waals surface area contributed by atoms with Crippen LogP contribution in [0.1, 0.15) is 46.0 Å². The first-order chi connectivity index (χ1) is 6.66. The average Bonchev–Trinajstić information content (AvgIpc) is 2.19. The van der Waals surface area contributed by atoms with Crippen LogP contribution in [0.15, 0.2) is 5.29 Å². The van der Waals surface area contributed by atoms with Crippen molar-refractivity contribution in [2.75, 3.05) is 0 Å². The van der Waals surface area contributed by atoms with E-state index in [2.05, 4.69) is 5.29 Å². The fraction of sp³-hybridized carbons (Fsp3) is 0.900. The molecule has 1 fully saturated rings. The Morgan fingerprint density at radius 2 is 1.86 bits per heavy atom. The van der Waals surface area contributed by atoms with Crippen molar-refractivity contribution in [2.24, 2.45) is 11.2 Å². The summed E-state index contributed by atoms with van der Waals surface area (Å²) < 4.78 is 0. The molecular weight excluding hydrogens is 180 g/mol. The second-order valence-electron chi connectivity index (χ2n) is 4.19. The highest BCUT2D eigenvalue weighted by atomic mass is 16.3. The van der Waals surface area contributed by atoms with Crippen LogP contribution in [0.3, 0.4) is 0 Å². The SMILES string of the molecule is CC(C)N(N=O)C(=O)C1CCCCC1. The molecule has 1 amide bonds. The van der Waals surface area contributed by atoms with Gasteiger partial charge in [0.05, 0.1) is 11.3 Å². The Hall–Kier alpha value is -0.930. The van der Waals surface area contributed by atoms with Gasteiger partial charge in [-0.25, -0.2) is 0 Å². The van der Waals surface area contributed by atoms with Crippen LogP contribution in [-0.4, -0.2) is 17.0 Å². The summed E-state index contributed by atoms with van der Waals surface area (Å²) in [5.41, 5.74) is 0. The molecule has 0 unspecified atom stereocenters. The number of carbonyl (C=O) groups excluding carboxylic acids is 1. The monoisotopic (exact) mass is 198 g/mol. The van der Waals surface area contributed by atoms with Crippen molar-refractivity contribution >= 4 is 5.91 Å². The van der Waals surface area contributed by atoms with E-state index >= 15 is 0 Å². The Balaban J connectivity index is 2.56. The standard InChI is InChI=1S/C10H18N2O2/c1-8(2)12(11-14)10(13)9-6-4-3-5-7-9/h8-9H,3-7H2,1-2H3. The van der Waals surface area contributed by atoms with Crippen molar-refractivity contribution in [3.05, 3.63) is 4.91 Å². The van der Waals surface area contributed by atoms with Crippen molar-refractivity contribution in [2.45, 2.75) is 52.0 Å². The van der Waals surface area contributed by atoms with E-state index in [1.54, 1.807) is 0 Å². The van der Waals surface area contributed by atoms with Gasteiger partial charge in [-0.2, -0.15) is 5.01 Å². The van der Waals surface area contributed by atoms with Gasteiger partial charge < -0.3 is 0 Å². The number of hydrogen-bond donors (Lipinski definition) is 0. The summed E-state index contributed by atoms with van der Waals surface area (Å²) in [6, 6.07) is -0.123. The topological polar surface area (TPSA) is 49.7 Å². The maximum Gasteiger partial charge on any atom is 0.248 e. The molecule has 1 aliphatic rings. The van der Waals surface area contributed by atoms with Crippen LogP contribution < -0.4 is 0 Å².